The summed E-state index contributed by atoms with van der Waals surface area (Å²) in [5.41, 5.74) is -1.10. The van der Waals surface area contributed by atoms with Crippen molar-refractivity contribution in [3.05, 3.63) is 40.6 Å². The van der Waals surface area contributed by atoms with Crippen LogP contribution in [0.2, 0.25) is 0 Å². The predicted octanol–water partition coefficient (Wildman–Crippen LogP) is -1.79. The highest BCUT2D eigenvalue weighted by atomic mass is 16.7. The van der Waals surface area contributed by atoms with Crippen LogP contribution in [0, 0.1) is 0 Å². The largest absolute Gasteiger partial charge is 0.508 e. The number of phenolic OH excluding ortho intramolecular Hbond substituents is 3. The number of benzene rings is 2. The number of aliphatic hydroxyl groups excluding tert-OH is 6. The van der Waals surface area contributed by atoms with Crippen molar-refractivity contribution in [2.45, 2.75) is 49.2 Å². The van der Waals surface area contributed by atoms with Crippen molar-refractivity contribution >= 4 is 11.0 Å². The molecule has 15 nitrogen and oxygen atoms in total. The zero-order chi connectivity index (χ0) is 28.9. The second kappa shape index (κ2) is 10.7. The molecule has 3 heterocycles. The smallest absolute Gasteiger partial charge is 0.229 e. The highest BCUT2D eigenvalue weighted by molar-refractivity contribution is 5.95. The Kier molecular flexibility index (Phi) is 7.47. The van der Waals surface area contributed by atoms with Crippen LogP contribution in [0.4, 0.5) is 0 Å². The minimum atomic E-state index is -1.85. The molecular formula is C25H26O15. The molecule has 0 amide bonds. The van der Waals surface area contributed by atoms with Gasteiger partial charge in [0, 0.05) is 11.6 Å². The van der Waals surface area contributed by atoms with E-state index in [4.69, 9.17) is 23.4 Å². The molecule has 216 valence electrons. The van der Waals surface area contributed by atoms with Crippen LogP contribution in [-0.4, -0.2) is 108 Å². The summed E-state index contributed by atoms with van der Waals surface area (Å²) in [6, 6.07) is 6.48. The molecule has 9 N–H and O–H groups in total. The van der Waals surface area contributed by atoms with Gasteiger partial charge in [-0.15, -0.1) is 0 Å². The lowest BCUT2D eigenvalue weighted by molar-refractivity contribution is -0.243. The second-order valence-electron chi connectivity index (χ2n) is 9.32. The van der Waals surface area contributed by atoms with Crippen molar-refractivity contribution in [1.82, 2.24) is 0 Å². The number of phenols is 3. The molecule has 40 heavy (non-hydrogen) atoms. The molecule has 0 unspecified atom stereocenters. The molecule has 0 aliphatic carbocycles. The molecule has 3 aromatic rings. The van der Waals surface area contributed by atoms with Crippen LogP contribution in [-0.2, 0) is 9.47 Å². The molecule has 0 saturated carbocycles. The van der Waals surface area contributed by atoms with E-state index in [1.165, 1.54) is 24.3 Å². The lowest BCUT2D eigenvalue weighted by atomic mass is 10.1. The first-order chi connectivity index (χ1) is 19.0. The first kappa shape index (κ1) is 27.9. The highest BCUT2D eigenvalue weighted by Gasteiger charge is 2.42. The topological polar surface area (TPSA) is 249 Å². The van der Waals surface area contributed by atoms with Gasteiger partial charge in [0.15, 0.2) is 16.8 Å². The van der Waals surface area contributed by atoms with Gasteiger partial charge in [-0.25, -0.2) is 0 Å². The van der Waals surface area contributed by atoms with E-state index in [0.717, 1.165) is 6.07 Å². The van der Waals surface area contributed by atoms with Crippen LogP contribution in [0.15, 0.2) is 39.5 Å². The summed E-state index contributed by atoms with van der Waals surface area (Å²) in [5, 5.41) is 91.2. The van der Waals surface area contributed by atoms with Gasteiger partial charge in [0.05, 0.1) is 13.2 Å². The van der Waals surface area contributed by atoms with Crippen LogP contribution in [0.25, 0.3) is 22.3 Å². The second-order valence-corrected chi connectivity index (χ2v) is 9.32. The summed E-state index contributed by atoms with van der Waals surface area (Å²) in [6.45, 7) is -0.962. The maximum atomic E-state index is 13.2. The van der Waals surface area contributed by atoms with E-state index < -0.39 is 102 Å². The van der Waals surface area contributed by atoms with E-state index in [1.807, 2.05) is 0 Å². The maximum Gasteiger partial charge on any atom is 0.229 e. The van der Waals surface area contributed by atoms with Crippen LogP contribution < -0.4 is 14.9 Å². The highest BCUT2D eigenvalue weighted by Crippen LogP contribution is 2.51. The summed E-state index contributed by atoms with van der Waals surface area (Å²) >= 11 is 0. The molecule has 2 fully saturated rings. The molecule has 0 spiro atoms. The van der Waals surface area contributed by atoms with E-state index in [1.54, 1.807) is 0 Å². The zero-order valence-electron chi connectivity index (χ0n) is 20.4. The van der Waals surface area contributed by atoms with E-state index in [2.05, 4.69) is 0 Å². The third-order valence-corrected chi connectivity index (χ3v) is 6.56. The number of hydrogen-bond acceptors (Lipinski definition) is 15. The molecule has 8 atom stereocenters. The monoisotopic (exact) mass is 566 g/mol. The van der Waals surface area contributed by atoms with Crippen LogP contribution >= 0.6 is 0 Å². The normalized spacial score (nSPS) is 30.8. The zero-order valence-corrected chi connectivity index (χ0v) is 20.4. The fourth-order valence-electron chi connectivity index (χ4n) is 4.30. The Morgan fingerprint density at radius 3 is 1.77 bits per heavy atom. The first-order valence-electron chi connectivity index (χ1n) is 12.0. The van der Waals surface area contributed by atoms with Gasteiger partial charge in [-0.3, -0.25) is 4.79 Å². The Bertz CT molecular complexity index is 1440. The van der Waals surface area contributed by atoms with Gasteiger partial charge in [-0.1, -0.05) is 0 Å². The Labute approximate surface area is 223 Å². The third kappa shape index (κ3) is 4.89. The molecule has 2 aliphatic heterocycles. The molecule has 15 heteroatoms. The molecular weight excluding hydrogens is 540 g/mol. The number of rotatable bonds is 5. The quantitative estimate of drug-likeness (QED) is 0.165. The minimum Gasteiger partial charge on any atom is -0.508 e. The lowest BCUT2D eigenvalue weighted by Gasteiger charge is -2.36. The van der Waals surface area contributed by atoms with Crippen molar-refractivity contribution in [3.8, 4) is 40.1 Å². The maximum absolute atomic E-state index is 13.2. The van der Waals surface area contributed by atoms with E-state index in [0.29, 0.717) is 5.56 Å². The standard InChI is InChI=1S/C25H26O15/c26-9-3-1-8(2-4-9)13-5-10(27)14-17(32)22(39-24-18(33)15(30)11(28)6-36-24)20(35)23(21(14)38-13)40-25-19(34)16(31)12(29)7-37-25/h1-5,11-12,15-16,18-19,24-26,28-35H,6-7H2/t11-,12+,15+,16+,18-,19-,24+,25-/m1/s1. The summed E-state index contributed by atoms with van der Waals surface area (Å²) in [5.74, 6) is -3.71. The van der Waals surface area contributed by atoms with Crippen molar-refractivity contribution in [1.29, 1.82) is 0 Å². The van der Waals surface area contributed by atoms with Gasteiger partial charge in [0.1, 0.15) is 53.5 Å². The fraction of sp³-hybridized carbons (Fsp3) is 0.400. The number of aliphatic hydroxyl groups is 6. The molecule has 0 bridgehead atoms. The predicted molar refractivity (Wildman–Crippen MR) is 130 cm³/mol. The SMILES string of the molecule is O=c1cc(-c2ccc(O)cc2)oc2c(O[C@H]3OC[C@H](O)[C@H](O)[C@H]3O)c(O)c(O[C@@H]3OC[C@@H](O)[C@H](O)[C@H]3O)c(O)c12. The first-order valence-corrected chi connectivity index (χ1v) is 12.0. The lowest BCUT2D eigenvalue weighted by Crippen LogP contribution is -2.55. The van der Waals surface area contributed by atoms with E-state index >= 15 is 0 Å². The van der Waals surface area contributed by atoms with Gasteiger partial charge in [-0.05, 0) is 24.3 Å². The number of aromatic hydroxyl groups is 3. The van der Waals surface area contributed by atoms with Crippen LogP contribution in [0.1, 0.15) is 0 Å². The van der Waals surface area contributed by atoms with Crippen molar-refractivity contribution < 1.29 is 69.3 Å². The van der Waals surface area contributed by atoms with E-state index in [9.17, 15) is 50.8 Å². The average Bonchev–Trinajstić information content (AvgIpc) is 2.93. The number of fused-ring (bicyclic) bond motifs is 1. The van der Waals surface area contributed by atoms with Crippen LogP contribution in [0.3, 0.4) is 0 Å². The van der Waals surface area contributed by atoms with Crippen molar-refractivity contribution in [2.24, 2.45) is 0 Å². The Morgan fingerprint density at radius 1 is 0.700 bits per heavy atom. The summed E-state index contributed by atoms with van der Waals surface area (Å²) in [6.07, 6.45) is -13.5. The van der Waals surface area contributed by atoms with Gasteiger partial charge in [-0.2, -0.15) is 0 Å². The Hall–Kier alpha value is -3.67. The van der Waals surface area contributed by atoms with Gasteiger partial charge in [0.25, 0.3) is 0 Å². The molecule has 2 aliphatic rings. The Balaban J connectivity index is 1.66. The summed E-state index contributed by atoms with van der Waals surface area (Å²) in [7, 11) is 0. The molecule has 2 saturated heterocycles. The van der Waals surface area contributed by atoms with Crippen LogP contribution in [0.5, 0.6) is 28.7 Å². The van der Waals surface area contributed by atoms with Gasteiger partial charge >= 0.3 is 0 Å². The number of hydrogen-bond donors (Lipinski definition) is 9. The molecule has 1 aromatic heterocycles. The van der Waals surface area contributed by atoms with E-state index in [-0.39, 0.29) is 11.5 Å². The fourth-order valence-corrected chi connectivity index (χ4v) is 4.30. The average molecular weight is 566 g/mol. The van der Waals surface area contributed by atoms with Crippen molar-refractivity contribution in [2.75, 3.05) is 13.2 Å². The summed E-state index contributed by atoms with van der Waals surface area (Å²) < 4.78 is 27.2. The van der Waals surface area contributed by atoms with Gasteiger partial charge in [0.2, 0.25) is 29.8 Å². The van der Waals surface area contributed by atoms with Gasteiger partial charge < -0.3 is 69.3 Å². The molecule has 2 aromatic carbocycles. The number of ether oxygens (including phenoxy) is 4. The summed E-state index contributed by atoms with van der Waals surface area (Å²) in [4.78, 5) is 13.2. The third-order valence-electron chi connectivity index (χ3n) is 6.56. The minimum absolute atomic E-state index is 0.0677. The Morgan fingerprint density at radius 2 is 1.23 bits per heavy atom. The van der Waals surface area contributed by atoms with Crippen molar-refractivity contribution in [3.63, 3.8) is 0 Å². The molecule has 0 radical (unpaired) electrons. The molecule has 5 rings (SSSR count).